The lowest BCUT2D eigenvalue weighted by Crippen LogP contribution is -2.30. The fourth-order valence-electron chi connectivity index (χ4n) is 2.06. The fourth-order valence-corrected chi connectivity index (χ4v) is 2.06. The Morgan fingerprint density at radius 1 is 1.22 bits per heavy atom. The largest absolute Gasteiger partial charge is 0.374 e. The van der Waals surface area contributed by atoms with E-state index in [1.54, 1.807) is 19.0 Å². The van der Waals surface area contributed by atoms with Gasteiger partial charge in [-0.2, -0.15) is 0 Å². The lowest BCUT2D eigenvalue weighted by atomic mass is 9.91. The number of Topliss-reactive ketones (excluding diaryl/α,β-unsaturated/α-hetero) is 1. The Labute approximate surface area is 104 Å². The van der Waals surface area contributed by atoms with Crippen molar-refractivity contribution in [3.8, 4) is 0 Å². The zero-order valence-corrected chi connectivity index (χ0v) is 10.5. The van der Waals surface area contributed by atoms with Crippen molar-refractivity contribution < 1.29 is 9.59 Å². The molecule has 1 aromatic rings. The van der Waals surface area contributed by atoms with Gasteiger partial charge in [0.25, 0.3) is 0 Å². The maximum atomic E-state index is 12.3. The molecule has 5 nitrogen and oxygen atoms in total. The topological polar surface area (TPSA) is 70.2 Å². The molecule has 0 saturated carbocycles. The Kier molecular flexibility index (Phi) is 2.90. The highest BCUT2D eigenvalue weighted by Crippen LogP contribution is 2.23. The zero-order chi connectivity index (χ0) is 13.4. The molecule has 0 aromatic carbocycles. The van der Waals surface area contributed by atoms with Crippen LogP contribution in [0.1, 0.15) is 33.3 Å². The summed E-state index contributed by atoms with van der Waals surface area (Å²) in [5, 5.41) is 0. The van der Waals surface area contributed by atoms with Gasteiger partial charge in [0, 0.05) is 26.2 Å². The van der Waals surface area contributed by atoms with Crippen LogP contribution in [0, 0.1) is 0 Å². The Morgan fingerprint density at radius 2 is 1.89 bits per heavy atom. The van der Waals surface area contributed by atoms with Crippen LogP contribution in [0.15, 0.2) is 22.6 Å². The molecule has 0 aliphatic heterocycles. The predicted octanol–water partition coefficient (Wildman–Crippen LogP) is 0.762. The number of H-pyrrole nitrogens is 1. The molecular weight excluding hydrogens is 232 g/mol. The number of allylic oxidation sites excluding steroid dienone is 2. The van der Waals surface area contributed by atoms with Crippen molar-refractivity contribution in [2.24, 2.45) is 0 Å². The Balaban J connectivity index is 2.73. The molecule has 1 aliphatic rings. The molecule has 1 aromatic heterocycles. The third kappa shape index (κ3) is 1.77. The number of carbonyl (C=O) groups is 2. The van der Waals surface area contributed by atoms with Gasteiger partial charge < -0.3 is 9.88 Å². The molecule has 0 fully saturated rings. The summed E-state index contributed by atoms with van der Waals surface area (Å²) in [6.07, 6.45) is 1.80. The number of pyridine rings is 1. The summed E-state index contributed by atoms with van der Waals surface area (Å²) in [6, 6.07) is 1.38. The maximum absolute atomic E-state index is 12.3. The summed E-state index contributed by atoms with van der Waals surface area (Å²) in [5.41, 5.74) is 1.03. The number of hydrogen-bond donors (Lipinski definition) is 1. The molecule has 0 radical (unpaired) electrons. The first-order valence-electron chi connectivity index (χ1n) is 5.70. The van der Waals surface area contributed by atoms with Crippen molar-refractivity contribution in [3.63, 3.8) is 0 Å². The first kappa shape index (κ1) is 12.3. The molecule has 1 N–H and O–H groups in total. The lowest BCUT2D eigenvalue weighted by molar-refractivity contribution is 0.0958. The van der Waals surface area contributed by atoms with Gasteiger partial charge in [0.05, 0.1) is 11.3 Å². The van der Waals surface area contributed by atoms with E-state index in [2.05, 4.69) is 4.98 Å². The van der Waals surface area contributed by atoms with Gasteiger partial charge in [0.1, 0.15) is 5.69 Å². The number of nitrogens with zero attached hydrogens (tertiary/aromatic N) is 1. The molecule has 0 saturated heterocycles. The molecule has 5 heteroatoms. The summed E-state index contributed by atoms with van der Waals surface area (Å²) in [4.78, 5) is 39.7. The molecule has 2 rings (SSSR count). The van der Waals surface area contributed by atoms with Crippen molar-refractivity contribution in [1.29, 1.82) is 0 Å². The number of likely N-dealkylation sites (N-methyl/N-ethyl adjacent to an activating group) is 1. The van der Waals surface area contributed by atoms with Gasteiger partial charge in [-0.25, -0.2) is 0 Å². The molecular formula is C13H14N2O3. The van der Waals surface area contributed by atoms with Crippen molar-refractivity contribution in [2.45, 2.75) is 13.3 Å². The molecule has 1 heterocycles. The number of hydrogen-bond acceptors (Lipinski definition) is 4. The number of aromatic amines is 1. The minimum absolute atomic E-state index is 0.106. The summed E-state index contributed by atoms with van der Waals surface area (Å²) in [5.74, 6) is -0.552. The van der Waals surface area contributed by atoms with Gasteiger partial charge >= 0.3 is 0 Å². The number of rotatable bonds is 2. The zero-order valence-electron chi connectivity index (χ0n) is 10.5. The van der Waals surface area contributed by atoms with Crippen LogP contribution in [-0.4, -0.2) is 35.5 Å². The van der Waals surface area contributed by atoms with E-state index in [0.29, 0.717) is 23.2 Å². The molecule has 0 atom stereocenters. The van der Waals surface area contributed by atoms with Gasteiger partial charge in [0.2, 0.25) is 17.1 Å². The van der Waals surface area contributed by atoms with Crippen molar-refractivity contribution in [1.82, 2.24) is 9.88 Å². The van der Waals surface area contributed by atoms with E-state index in [1.165, 1.54) is 12.1 Å². The fraction of sp³-hybridized carbons (Fsp3) is 0.308. The van der Waals surface area contributed by atoms with Gasteiger partial charge in [0.15, 0.2) is 0 Å². The van der Waals surface area contributed by atoms with Crippen LogP contribution in [0.2, 0.25) is 0 Å². The maximum Gasteiger partial charge on any atom is 0.248 e. The lowest BCUT2D eigenvalue weighted by Gasteiger charge is -2.22. The smallest absolute Gasteiger partial charge is 0.248 e. The molecule has 0 bridgehead atoms. The van der Waals surface area contributed by atoms with E-state index in [1.807, 2.05) is 6.92 Å². The summed E-state index contributed by atoms with van der Waals surface area (Å²) in [7, 11) is 3.42. The van der Waals surface area contributed by atoms with E-state index in [9.17, 15) is 14.4 Å². The molecule has 0 spiro atoms. The number of aryl methyl sites for hydroxylation is 1. The molecule has 0 unspecified atom stereocenters. The number of nitrogens with one attached hydrogen (secondary N) is 1. The van der Waals surface area contributed by atoms with Crippen molar-refractivity contribution >= 4 is 11.6 Å². The first-order valence-corrected chi connectivity index (χ1v) is 5.70. The minimum Gasteiger partial charge on any atom is -0.374 e. The van der Waals surface area contributed by atoms with Gasteiger partial charge in [-0.3, -0.25) is 14.4 Å². The quantitative estimate of drug-likeness (QED) is 0.836. The Bertz CT molecular complexity index is 624. The molecule has 94 valence electrons. The normalized spacial score (nSPS) is 14.3. The highest BCUT2D eigenvalue weighted by atomic mass is 16.1. The average molecular weight is 246 g/mol. The van der Waals surface area contributed by atoms with Crippen LogP contribution in [0.3, 0.4) is 0 Å². The van der Waals surface area contributed by atoms with E-state index in [-0.39, 0.29) is 22.8 Å². The van der Waals surface area contributed by atoms with Crippen molar-refractivity contribution in [3.05, 3.63) is 45.0 Å². The second-order valence-corrected chi connectivity index (χ2v) is 4.38. The Morgan fingerprint density at radius 3 is 2.44 bits per heavy atom. The number of ketones is 2. The Hall–Kier alpha value is -2.17. The number of fused-ring (bicyclic) bond motifs is 1. The second kappa shape index (κ2) is 4.25. The second-order valence-electron chi connectivity index (χ2n) is 4.38. The van der Waals surface area contributed by atoms with Gasteiger partial charge in [-0.1, -0.05) is 6.92 Å². The van der Waals surface area contributed by atoms with E-state index >= 15 is 0 Å². The summed E-state index contributed by atoms with van der Waals surface area (Å²) >= 11 is 0. The van der Waals surface area contributed by atoms with E-state index in [0.717, 1.165) is 0 Å². The van der Waals surface area contributed by atoms with Crippen LogP contribution in [-0.2, 0) is 6.42 Å². The van der Waals surface area contributed by atoms with Crippen LogP contribution in [0.25, 0.3) is 0 Å². The summed E-state index contributed by atoms with van der Waals surface area (Å²) < 4.78 is 0. The predicted molar refractivity (Wildman–Crippen MR) is 66.9 cm³/mol. The third-order valence-corrected chi connectivity index (χ3v) is 2.96. The van der Waals surface area contributed by atoms with E-state index < -0.39 is 0 Å². The summed E-state index contributed by atoms with van der Waals surface area (Å²) in [6.45, 7) is 1.85. The van der Waals surface area contributed by atoms with Crippen LogP contribution >= 0.6 is 0 Å². The van der Waals surface area contributed by atoms with Gasteiger partial charge in [-0.05, 0) is 12.0 Å². The molecule has 18 heavy (non-hydrogen) atoms. The number of carbonyl (C=O) groups excluding carboxylic acids is 2. The van der Waals surface area contributed by atoms with Crippen LogP contribution in [0.4, 0.5) is 0 Å². The molecule has 1 aliphatic carbocycles. The SMILES string of the molecule is CCc1cc(=O)[nH]c2c1C(=O)C(N(C)C)=CC2=O. The van der Waals surface area contributed by atoms with Crippen molar-refractivity contribution in [2.75, 3.05) is 14.1 Å². The number of aromatic nitrogens is 1. The highest BCUT2D eigenvalue weighted by Gasteiger charge is 2.29. The minimum atomic E-state index is -0.353. The van der Waals surface area contributed by atoms with Gasteiger partial charge in [-0.15, -0.1) is 0 Å². The first-order chi connectivity index (χ1) is 8.45. The van der Waals surface area contributed by atoms with Crippen LogP contribution in [0.5, 0.6) is 0 Å². The average Bonchev–Trinajstić information content (AvgIpc) is 2.32. The molecule has 0 amide bonds. The van der Waals surface area contributed by atoms with Crippen LogP contribution < -0.4 is 5.56 Å². The van der Waals surface area contributed by atoms with E-state index in [4.69, 9.17) is 0 Å². The monoisotopic (exact) mass is 246 g/mol. The highest BCUT2D eigenvalue weighted by molar-refractivity contribution is 6.24. The standard InChI is InChI=1S/C13H14N2O3/c1-4-7-5-10(17)14-12-9(16)6-8(15(2)3)13(18)11(7)12/h5-6H,4H2,1-3H3,(H,14,17). The third-order valence-electron chi connectivity index (χ3n) is 2.96.